The highest BCUT2D eigenvalue weighted by molar-refractivity contribution is 7.92. The lowest BCUT2D eigenvalue weighted by Gasteiger charge is -2.23. The Morgan fingerprint density at radius 3 is 2.14 bits per heavy atom. The quantitative estimate of drug-likeness (QED) is 0.548. The van der Waals surface area contributed by atoms with Crippen LogP contribution in [-0.4, -0.2) is 63.2 Å². The van der Waals surface area contributed by atoms with Crippen LogP contribution in [-0.2, 0) is 24.8 Å². The number of pyridine rings is 1. The molecule has 0 radical (unpaired) electrons. The smallest absolute Gasteiger partial charge is 0.278 e. The zero-order chi connectivity index (χ0) is 26.8. The number of alkyl halides is 3. The summed E-state index contributed by atoms with van der Waals surface area (Å²) < 4.78 is 89.3. The normalized spacial score (nSPS) is 22.6. The van der Waals surface area contributed by atoms with Gasteiger partial charge < -0.3 is 0 Å². The number of amides is 3. The zero-order valence-corrected chi connectivity index (χ0v) is 20.6. The van der Waals surface area contributed by atoms with E-state index in [1.54, 1.807) is 6.92 Å². The number of anilines is 3. The number of hydrogen-bond donors (Lipinski definition) is 1. The van der Waals surface area contributed by atoms with Crippen molar-refractivity contribution < 1.29 is 39.6 Å². The van der Waals surface area contributed by atoms with E-state index in [0.717, 1.165) is 21.3 Å². The van der Waals surface area contributed by atoms with Crippen molar-refractivity contribution in [1.82, 2.24) is 9.29 Å². The van der Waals surface area contributed by atoms with Gasteiger partial charge in [-0.15, -0.1) is 0 Å². The van der Waals surface area contributed by atoms with Crippen LogP contribution in [0.3, 0.4) is 0 Å². The lowest BCUT2D eigenvalue weighted by atomic mass is 10.1. The fraction of sp³-hybridized carbons (Fsp3) is 0.350. The van der Waals surface area contributed by atoms with Crippen LogP contribution in [0, 0.1) is 5.92 Å². The molecule has 16 heteroatoms. The Labute approximate surface area is 204 Å². The Bertz CT molecular complexity index is 1460. The molecule has 4 rings (SSSR count). The molecule has 1 spiro atoms. The number of nitrogens with one attached hydrogen (secondary N) is 1. The van der Waals surface area contributed by atoms with Crippen LogP contribution in [0.1, 0.15) is 13.3 Å². The number of nitrogens with zero attached hydrogens (tertiary/aromatic N) is 4. The lowest BCUT2D eigenvalue weighted by Crippen LogP contribution is -2.39. The average molecular weight is 548 g/mol. The average Bonchev–Trinajstić information content (AvgIpc) is 3.38. The highest BCUT2D eigenvalue weighted by Gasteiger charge is 2.70. The van der Waals surface area contributed by atoms with Crippen LogP contribution >= 0.6 is 0 Å². The van der Waals surface area contributed by atoms with E-state index in [4.69, 9.17) is 0 Å². The van der Waals surface area contributed by atoms with Gasteiger partial charge in [-0.05, 0) is 42.7 Å². The van der Waals surface area contributed by atoms with E-state index < -0.39 is 47.9 Å². The van der Waals surface area contributed by atoms with E-state index in [0.29, 0.717) is 12.1 Å². The molecular weight excluding hydrogens is 527 g/mol. The van der Waals surface area contributed by atoms with Crippen LogP contribution in [0.15, 0.2) is 47.5 Å². The van der Waals surface area contributed by atoms with Gasteiger partial charge in [0.05, 0.1) is 16.3 Å². The Balaban J connectivity index is 1.71. The summed E-state index contributed by atoms with van der Waals surface area (Å²) in [7, 11) is -6.91. The van der Waals surface area contributed by atoms with E-state index in [-0.39, 0.29) is 29.5 Å². The first-order valence-electron chi connectivity index (χ1n) is 10.3. The van der Waals surface area contributed by atoms with Gasteiger partial charge in [-0.25, -0.2) is 23.1 Å². The molecule has 1 aliphatic heterocycles. The van der Waals surface area contributed by atoms with E-state index in [9.17, 15) is 39.6 Å². The second-order valence-corrected chi connectivity index (χ2v) is 12.3. The third-order valence-electron chi connectivity index (χ3n) is 6.05. The second-order valence-electron chi connectivity index (χ2n) is 8.52. The van der Waals surface area contributed by atoms with Gasteiger partial charge in [-0.1, -0.05) is 6.92 Å². The molecule has 3 amide bonds. The zero-order valence-electron chi connectivity index (χ0n) is 19.0. The number of imide groups is 1. The second kappa shape index (κ2) is 8.14. The molecule has 11 nitrogen and oxygen atoms in total. The first-order chi connectivity index (χ1) is 16.5. The topological polar surface area (TPSA) is 137 Å². The minimum atomic E-state index is -5.61. The highest BCUT2D eigenvalue weighted by atomic mass is 32.2. The summed E-state index contributed by atoms with van der Waals surface area (Å²) in [5, 5.41) is 0. The summed E-state index contributed by atoms with van der Waals surface area (Å²) >= 11 is 0. The number of aromatic nitrogens is 1. The first-order valence-corrected chi connectivity index (χ1v) is 13.2. The van der Waals surface area contributed by atoms with Gasteiger partial charge in [0, 0.05) is 26.4 Å². The Hall–Kier alpha value is -3.24. The summed E-state index contributed by atoms with van der Waals surface area (Å²) in [4.78, 5) is 31.7. The van der Waals surface area contributed by atoms with Gasteiger partial charge in [0.2, 0.25) is 0 Å². The van der Waals surface area contributed by atoms with Crippen molar-refractivity contribution in [1.29, 1.82) is 0 Å². The summed E-state index contributed by atoms with van der Waals surface area (Å²) in [6.45, 7) is 1.73. The van der Waals surface area contributed by atoms with Gasteiger partial charge in [-0.2, -0.15) is 25.9 Å². The summed E-state index contributed by atoms with van der Waals surface area (Å²) in [6, 6.07) is 5.10. The van der Waals surface area contributed by atoms with E-state index in [1.165, 1.54) is 37.3 Å². The van der Waals surface area contributed by atoms with Crippen molar-refractivity contribution >= 4 is 49.2 Å². The van der Waals surface area contributed by atoms with Gasteiger partial charge in [0.1, 0.15) is 11.4 Å². The number of benzene rings is 1. The van der Waals surface area contributed by atoms with Crippen molar-refractivity contribution in [2.45, 2.75) is 29.3 Å². The Morgan fingerprint density at radius 2 is 1.64 bits per heavy atom. The van der Waals surface area contributed by atoms with Crippen molar-refractivity contribution in [3.05, 3.63) is 42.6 Å². The number of sulfone groups is 1. The number of halogens is 3. The molecule has 1 aromatic carbocycles. The predicted molar refractivity (Wildman–Crippen MR) is 122 cm³/mol. The number of hydrogen-bond acceptors (Lipinski definition) is 7. The Morgan fingerprint density at radius 1 is 1.06 bits per heavy atom. The van der Waals surface area contributed by atoms with Gasteiger partial charge >= 0.3 is 21.7 Å². The number of carbonyl (C=O) groups is 2. The van der Waals surface area contributed by atoms with Gasteiger partial charge in [-0.3, -0.25) is 14.4 Å². The number of rotatable bonds is 6. The molecule has 1 saturated heterocycles. The van der Waals surface area contributed by atoms with E-state index >= 15 is 0 Å². The number of urea groups is 1. The molecule has 2 unspecified atom stereocenters. The van der Waals surface area contributed by atoms with Crippen molar-refractivity contribution in [3.63, 3.8) is 0 Å². The molecule has 2 heterocycles. The SMILES string of the molecule is CC1CC12C(=O)N(c1ccc(S(=O)(=O)C(F)(F)F)cc1)C(=O)N2c1ccnc(NS(=O)(=O)N(C)C)c1. The van der Waals surface area contributed by atoms with Crippen LogP contribution < -0.4 is 14.5 Å². The van der Waals surface area contributed by atoms with Crippen molar-refractivity contribution in [3.8, 4) is 0 Å². The molecule has 2 aromatic rings. The molecule has 1 saturated carbocycles. The number of carbonyl (C=O) groups excluding carboxylic acids is 2. The van der Waals surface area contributed by atoms with Crippen molar-refractivity contribution in [2.75, 3.05) is 28.6 Å². The van der Waals surface area contributed by atoms with E-state index in [2.05, 4.69) is 9.71 Å². The maximum absolute atomic E-state index is 13.4. The maximum atomic E-state index is 13.4. The molecule has 1 aliphatic carbocycles. The Kier molecular flexibility index (Phi) is 5.84. The molecule has 194 valence electrons. The fourth-order valence-corrected chi connectivity index (χ4v) is 5.30. The van der Waals surface area contributed by atoms with Crippen LogP contribution in [0.5, 0.6) is 0 Å². The summed E-state index contributed by atoms with van der Waals surface area (Å²) in [5.41, 5.74) is -6.74. The third-order valence-corrected chi connectivity index (χ3v) is 8.98. The fourth-order valence-electron chi connectivity index (χ4n) is 3.98. The third kappa shape index (κ3) is 3.88. The van der Waals surface area contributed by atoms with Crippen LogP contribution in [0.2, 0.25) is 0 Å². The molecule has 1 N–H and O–H groups in total. The van der Waals surface area contributed by atoms with Gasteiger partial charge in [0.15, 0.2) is 0 Å². The lowest BCUT2D eigenvalue weighted by molar-refractivity contribution is -0.119. The summed E-state index contributed by atoms with van der Waals surface area (Å²) in [5.74, 6) is -1.03. The molecule has 2 fully saturated rings. The molecule has 1 aromatic heterocycles. The monoisotopic (exact) mass is 547 g/mol. The summed E-state index contributed by atoms with van der Waals surface area (Å²) in [6.07, 6.45) is 1.54. The maximum Gasteiger partial charge on any atom is 0.501 e. The molecule has 36 heavy (non-hydrogen) atoms. The molecule has 2 aliphatic rings. The van der Waals surface area contributed by atoms with Crippen molar-refractivity contribution in [2.24, 2.45) is 5.92 Å². The van der Waals surface area contributed by atoms with Gasteiger partial charge in [0.25, 0.3) is 15.7 Å². The standard InChI is InChI=1S/C20H20F3N5O6S2/c1-12-11-19(12)17(29)27(13-4-6-15(7-5-13)35(31,32)20(21,22)23)18(30)28(19)14-8-9-24-16(10-14)25-36(33,34)26(2)3/h4-10,12H,11H2,1-3H3,(H,24,25). The highest BCUT2D eigenvalue weighted by Crippen LogP contribution is 2.55. The van der Waals surface area contributed by atoms with E-state index in [1.807, 2.05) is 0 Å². The van der Waals surface area contributed by atoms with Crippen LogP contribution in [0.4, 0.5) is 35.2 Å². The minimum absolute atomic E-state index is 0.106. The predicted octanol–water partition coefficient (Wildman–Crippen LogP) is 2.35. The minimum Gasteiger partial charge on any atom is -0.278 e. The molecular formula is C20H20F3N5O6S2. The first kappa shape index (κ1) is 25.8. The molecule has 2 atom stereocenters. The largest absolute Gasteiger partial charge is 0.501 e. The van der Waals surface area contributed by atoms with Crippen LogP contribution in [0.25, 0.3) is 0 Å². The molecule has 0 bridgehead atoms.